The summed E-state index contributed by atoms with van der Waals surface area (Å²) in [5.41, 5.74) is 0. The Hall–Kier alpha value is -0.0700. The van der Waals surface area contributed by atoms with Crippen LogP contribution in [0.25, 0.3) is 0 Å². The second kappa shape index (κ2) is 282. The minimum atomic E-state index is 0. The molecule has 0 saturated carbocycles. The van der Waals surface area contributed by atoms with Gasteiger partial charge >= 0.3 is 0 Å². The number of halogens is 1. The molecule has 0 aliphatic rings. The van der Waals surface area contributed by atoms with Gasteiger partial charge in [0.15, 0.2) is 0 Å². The first-order chi connectivity index (χ1) is 3.41. The number of hydrogen-bond acceptors (Lipinski definition) is 0. The van der Waals surface area contributed by atoms with Crippen molar-refractivity contribution in [3.8, 4) is 0 Å². The van der Waals surface area contributed by atoms with Gasteiger partial charge in [-0.3, -0.25) is 4.70 Å². The molecule has 0 nitrogen and oxygen atoms in total. The normalized spacial score (nSPS) is 3.75. The molecular weight excluding hydrogens is 103 g/mol. The topological polar surface area (TPSA) is 0 Å². The van der Waals surface area contributed by atoms with E-state index in [2.05, 4.69) is 13.8 Å². The van der Waals surface area contributed by atoms with Gasteiger partial charge in [0.05, 0.1) is 0 Å². The Labute approximate surface area is 53.7 Å². The Kier molecular flexibility index (Phi) is 868. The van der Waals surface area contributed by atoms with Crippen molar-refractivity contribution in [2.75, 3.05) is 0 Å². The molecule has 0 unspecified atom stereocenters. The van der Waals surface area contributed by atoms with Crippen LogP contribution in [0.3, 0.4) is 0 Å². The molecule has 8 heavy (non-hydrogen) atoms. The van der Waals surface area contributed by atoms with Crippen LogP contribution in [0.4, 0.5) is 4.70 Å². The Morgan fingerprint density at radius 3 is 0.750 bits per heavy atom. The molecule has 1 heteroatoms. The Balaban J connectivity index is -0.0000000147. The lowest BCUT2D eigenvalue weighted by Crippen LogP contribution is -1.27. The van der Waals surface area contributed by atoms with Crippen LogP contribution in [0.1, 0.15) is 48.0 Å². The third kappa shape index (κ3) is 29400. The maximum atomic E-state index is 2.12. The fraction of sp³-hybridized carbons (Fsp3) is 1.00. The van der Waals surface area contributed by atoms with Gasteiger partial charge in [-0.25, -0.2) is 0 Å². The van der Waals surface area contributed by atoms with Gasteiger partial charge in [-0.05, 0) is 0 Å². The Morgan fingerprint density at radius 1 is 0.750 bits per heavy atom. The third-order valence-corrected chi connectivity index (χ3v) is 0. The largest absolute Gasteiger partial charge is 0.269 e. The zero-order valence-electron chi connectivity index (χ0n) is 7.12. The van der Waals surface area contributed by atoms with Crippen LogP contribution in [0, 0.1) is 0 Å². The lowest BCUT2D eigenvalue weighted by atomic mass is 10.6. The molecule has 0 bridgehead atoms. The van der Waals surface area contributed by atoms with Crippen LogP contribution in [-0.2, 0) is 0 Å². The van der Waals surface area contributed by atoms with Gasteiger partial charge in [0.1, 0.15) is 0 Å². The molecular formula is C7H21F. The van der Waals surface area contributed by atoms with Crippen LogP contribution in [0.5, 0.6) is 0 Å². The maximum absolute atomic E-state index is 2.12. The summed E-state index contributed by atoms with van der Waals surface area (Å²) in [6.07, 6.45) is 1.25. The summed E-state index contributed by atoms with van der Waals surface area (Å²) in [5.74, 6) is 0. The molecule has 0 aliphatic carbocycles. The van der Waals surface area contributed by atoms with E-state index in [0.717, 1.165) is 0 Å². The first kappa shape index (κ1) is 24.7. The zero-order chi connectivity index (χ0) is 6.71. The molecule has 0 N–H and O–H groups in total. The minimum Gasteiger partial charge on any atom is -0.269 e. The molecule has 0 fully saturated rings. The van der Waals surface area contributed by atoms with Crippen molar-refractivity contribution in [2.24, 2.45) is 0 Å². The Morgan fingerprint density at radius 2 is 0.750 bits per heavy atom. The fourth-order valence-electron chi connectivity index (χ4n) is 0. The average Bonchev–Trinajstić information content (AvgIpc) is 1.78. The zero-order valence-corrected chi connectivity index (χ0v) is 7.12. The molecule has 0 rings (SSSR count). The van der Waals surface area contributed by atoms with Crippen molar-refractivity contribution in [3.05, 3.63) is 0 Å². The van der Waals surface area contributed by atoms with E-state index in [1.807, 2.05) is 27.7 Å². The summed E-state index contributed by atoms with van der Waals surface area (Å²) in [6.45, 7) is 12.2. The summed E-state index contributed by atoms with van der Waals surface area (Å²) in [5, 5.41) is 0. The van der Waals surface area contributed by atoms with Gasteiger partial charge in [-0.15, -0.1) is 0 Å². The van der Waals surface area contributed by atoms with Gasteiger partial charge in [0, 0.05) is 0 Å². The smallest absolute Gasteiger partial charge is 0.0590 e. The van der Waals surface area contributed by atoms with E-state index >= 15 is 0 Å². The molecule has 0 atom stereocenters. The van der Waals surface area contributed by atoms with Gasteiger partial charge in [0.2, 0.25) is 0 Å². The standard InChI is InChI=1S/C3H8.2C2H6.FH/c1-3-2;2*1-2;/h3H2,1-2H3;2*1-2H3;1H. The molecule has 0 aromatic rings. The molecule has 0 aliphatic heterocycles. The van der Waals surface area contributed by atoms with Crippen molar-refractivity contribution in [2.45, 2.75) is 48.0 Å². The molecule has 56 valence electrons. The highest BCUT2D eigenvalue weighted by atomic mass is 19.0. The summed E-state index contributed by atoms with van der Waals surface area (Å²) < 4.78 is 0. The van der Waals surface area contributed by atoms with Crippen molar-refractivity contribution in [1.29, 1.82) is 0 Å². The molecule has 0 aromatic heterocycles. The van der Waals surface area contributed by atoms with Gasteiger partial charge in [0.25, 0.3) is 0 Å². The second-order valence-electron chi connectivity index (χ2n) is 0.707. The predicted octanol–water partition coefficient (Wildman–Crippen LogP) is 3.62. The van der Waals surface area contributed by atoms with Gasteiger partial charge in [-0.2, -0.15) is 0 Å². The first-order valence-electron chi connectivity index (χ1n) is 3.41. The van der Waals surface area contributed by atoms with Crippen molar-refractivity contribution < 1.29 is 4.70 Å². The highest BCUT2D eigenvalue weighted by Crippen LogP contribution is 1.56. The Bertz CT molecular complexity index is 4.35. The van der Waals surface area contributed by atoms with Gasteiger partial charge < -0.3 is 0 Å². The van der Waals surface area contributed by atoms with Crippen LogP contribution >= 0.6 is 0 Å². The van der Waals surface area contributed by atoms with E-state index in [9.17, 15) is 0 Å². The van der Waals surface area contributed by atoms with E-state index in [0.29, 0.717) is 0 Å². The van der Waals surface area contributed by atoms with E-state index in [4.69, 9.17) is 0 Å². The second-order valence-corrected chi connectivity index (χ2v) is 0.707. The van der Waals surface area contributed by atoms with Gasteiger partial charge in [-0.1, -0.05) is 48.0 Å². The van der Waals surface area contributed by atoms with Crippen molar-refractivity contribution in [3.63, 3.8) is 0 Å². The SMILES string of the molecule is CC.CC.CCC.F. The van der Waals surface area contributed by atoms with Crippen molar-refractivity contribution >= 4 is 0 Å². The molecule has 0 radical (unpaired) electrons. The quantitative estimate of drug-likeness (QED) is 0.462. The monoisotopic (exact) mass is 124 g/mol. The number of rotatable bonds is 0. The highest BCUT2D eigenvalue weighted by molar-refractivity contribution is 3.92. The van der Waals surface area contributed by atoms with Crippen molar-refractivity contribution in [1.82, 2.24) is 0 Å². The summed E-state index contributed by atoms with van der Waals surface area (Å²) in [7, 11) is 0. The third-order valence-electron chi connectivity index (χ3n) is 0. The van der Waals surface area contributed by atoms with E-state index in [1.165, 1.54) is 6.42 Å². The van der Waals surface area contributed by atoms with E-state index in [1.54, 1.807) is 0 Å². The van der Waals surface area contributed by atoms with Crippen LogP contribution in [0.15, 0.2) is 0 Å². The fourth-order valence-corrected chi connectivity index (χ4v) is 0. The molecule has 0 saturated heterocycles. The molecule has 0 heterocycles. The molecule has 0 aromatic carbocycles. The van der Waals surface area contributed by atoms with Crippen LogP contribution in [-0.4, -0.2) is 0 Å². The molecule has 0 spiro atoms. The summed E-state index contributed by atoms with van der Waals surface area (Å²) in [6, 6.07) is 0. The minimum absolute atomic E-state index is 0. The lowest BCUT2D eigenvalue weighted by molar-refractivity contribution is 1.09. The first-order valence-corrected chi connectivity index (χ1v) is 3.41. The van der Waals surface area contributed by atoms with Crippen LogP contribution < -0.4 is 0 Å². The molecule has 0 amide bonds. The summed E-state index contributed by atoms with van der Waals surface area (Å²) >= 11 is 0. The van der Waals surface area contributed by atoms with E-state index < -0.39 is 0 Å². The summed E-state index contributed by atoms with van der Waals surface area (Å²) in [4.78, 5) is 0. The maximum Gasteiger partial charge on any atom is -0.0590 e. The van der Waals surface area contributed by atoms with E-state index in [-0.39, 0.29) is 4.70 Å². The highest BCUT2D eigenvalue weighted by Gasteiger charge is 1.35. The lowest BCUT2D eigenvalue weighted by Gasteiger charge is -1.48. The number of hydrogen-bond donors (Lipinski definition) is 0. The average molecular weight is 124 g/mol. The predicted molar refractivity (Wildman–Crippen MR) is 41.2 cm³/mol. The van der Waals surface area contributed by atoms with Crippen LogP contribution in [0.2, 0.25) is 0 Å².